The molecule has 0 radical (unpaired) electrons. The van der Waals surface area contributed by atoms with Crippen molar-refractivity contribution in [2.24, 2.45) is 0 Å². The van der Waals surface area contributed by atoms with Gasteiger partial charge in [0.15, 0.2) is 0 Å². The van der Waals surface area contributed by atoms with Gasteiger partial charge in [0.2, 0.25) is 0 Å². The van der Waals surface area contributed by atoms with Gasteiger partial charge in [-0.3, -0.25) is 0 Å². The maximum absolute atomic E-state index is 13.8. The summed E-state index contributed by atoms with van der Waals surface area (Å²) in [6.45, 7) is 2.40. The Morgan fingerprint density at radius 3 is 2.83 bits per heavy atom. The van der Waals surface area contributed by atoms with Crippen LogP contribution < -0.4 is 10.1 Å². The fourth-order valence-electron chi connectivity index (χ4n) is 1.65. The second-order valence-corrected chi connectivity index (χ2v) is 4.89. The van der Waals surface area contributed by atoms with Crippen LogP contribution in [-0.4, -0.2) is 7.05 Å². The molecule has 1 heterocycles. The molecule has 1 aromatic carbocycles. The van der Waals surface area contributed by atoms with Gasteiger partial charge in [-0.15, -0.1) is 0 Å². The summed E-state index contributed by atoms with van der Waals surface area (Å²) in [7, 11) is 1.81. The average Bonchev–Trinajstić information content (AvgIpc) is 2.88. The molecule has 0 aliphatic rings. The van der Waals surface area contributed by atoms with Crippen LogP contribution in [0.2, 0.25) is 0 Å². The first kappa shape index (κ1) is 13.1. The van der Waals surface area contributed by atoms with E-state index in [-0.39, 0.29) is 11.9 Å². The zero-order chi connectivity index (χ0) is 13.0. The summed E-state index contributed by atoms with van der Waals surface area (Å²) in [6, 6.07) is 7.00. The Balaban J connectivity index is 2.04. The van der Waals surface area contributed by atoms with E-state index in [2.05, 4.69) is 5.32 Å². The third-order valence-corrected chi connectivity index (χ3v) is 3.59. The van der Waals surface area contributed by atoms with Gasteiger partial charge in [-0.05, 0) is 42.4 Å². The van der Waals surface area contributed by atoms with Crippen LogP contribution in [0.4, 0.5) is 4.39 Å². The largest absolute Gasteiger partial charge is 0.489 e. The highest BCUT2D eigenvalue weighted by molar-refractivity contribution is 7.07. The summed E-state index contributed by atoms with van der Waals surface area (Å²) < 4.78 is 19.4. The molecule has 0 saturated carbocycles. The van der Waals surface area contributed by atoms with E-state index in [1.54, 1.807) is 23.5 Å². The van der Waals surface area contributed by atoms with Crippen molar-refractivity contribution in [1.82, 2.24) is 5.32 Å². The molecule has 18 heavy (non-hydrogen) atoms. The highest BCUT2D eigenvalue weighted by Crippen LogP contribution is 2.22. The van der Waals surface area contributed by atoms with Gasteiger partial charge in [0.25, 0.3) is 0 Å². The lowest BCUT2D eigenvalue weighted by Gasteiger charge is -2.13. The third kappa shape index (κ3) is 3.09. The molecule has 1 aromatic heterocycles. The van der Waals surface area contributed by atoms with Gasteiger partial charge in [0.1, 0.15) is 18.2 Å². The molecule has 4 heteroatoms. The van der Waals surface area contributed by atoms with E-state index in [9.17, 15) is 4.39 Å². The molecule has 0 saturated heterocycles. The number of thiophene rings is 1. The molecule has 0 bridgehead atoms. The van der Waals surface area contributed by atoms with Gasteiger partial charge in [-0.1, -0.05) is 6.07 Å². The molecule has 2 rings (SSSR count). The predicted molar refractivity (Wildman–Crippen MR) is 72.5 cm³/mol. The van der Waals surface area contributed by atoms with Crippen LogP contribution in [0.1, 0.15) is 24.1 Å². The van der Waals surface area contributed by atoms with Gasteiger partial charge in [0.05, 0.1) is 0 Å². The zero-order valence-electron chi connectivity index (χ0n) is 10.4. The van der Waals surface area contributed by atoms with E-state index >= 15 is 0 Å². The quantitative estimate of drug-likeness (QED) is 0.889. The van der Waals surface area contributed by atoms with Crippen molar-refractivity contribution in [3.05, 3.63) is 52.0 Å². The average molecular weight is 265 g/mol. The molecule has 1 N–H and O–H groups in total. The van der Waals surface area contributed by atoms with Crippen molar-refractivity contribution in [3.63, 3.8) is 0 Å². The second kappa shape index (κ2) is 5.98. The SMILES string of the molecule is CNC(C)c1ccc(OCc2ccsc2)cc1F. The fourth-order valence-corrected chi connectivity index (χ4v) is 2.30. The zero-order valence-corrected chi connectivity index (χ0v) is 11.3. The van der Waals surface area contributed by atoms with Gasteiger partial charge in [-0.25, -0.2) is 4.39 Å². The monoisotopic (exact) mass is 265 g/mol. The summed E-state index contributed by atoms with van der Waals surface area (Å²) in [5.74, 6) is 0.324. The fraction of sp³-hybridized carbons (Fsp3) is 0.286. The standard InChI is InChI=1S/C14H16FNOS/c1-10(16-2)13-4-3-12(7-14(13)15)17-8-11-5-6-18-9-11/h3-7,9-10,16H,8H2,1-2H3. The Morgan fingerprint density at radius 2 is 2.22 bits per heavy atom. The number of nitrogens with one attached hydrogen (secondary N) is 1. The van der Waals surface area contributed by atoms with Crippen LogP contribution in [0.15, 0.2) is 35.0 Å². The van der Waals surface area contributed by atoms with Crippen molar-refractivity contribution in [3.8, 4) is 5.75 Å². The molecule has 96 valence electrons. The first-order valence-electron chi connectivity index (χ1n) is 5.81. The molecule has 2 aromatic rings. The highest BCUT2D eigenvalue weighted by atomic mass is 32.1. The predicted octanol–water partition coefficient (Wildman–Crippen LogP) is 3.75. The molecule has 0 amide bonds. The Hall–Kier alpha value is -1.39. The number of rotatable bonds is 5. The number of ether oxygens (including phenoxy) is 1. The van der Waals surface area contributed by atoms with Crippen LogP contribution in [-0.2, 0) is 6.61 Å². The Bertz CT molecular complexity index is 499. The molecule has 1 unspecified atom stereocenters. The topological polar surface area (TPSA) is 21.3 Å². The summed E-state index contributed by atoms with van der Waals surface area (Å²) in [5, 5.41) is 7.04. The van der Waals surface area contributed by atoms with Crippen LogP contribution in [0.25, 0.3) is 0 Å². The molecule has 2 nitrogen and oxygen atoms in total. The number of benzene rings is 1. The van der Waals surface area contributed by atoms with Gasteiger partial charge in [-0.2, -0.15) is 11.3 Å². The van der Waals surface area contributed by atoms with Gasteiger partial charge >= 0.3 is 0 Å². The van der Waals surface area contributed by atoms with Gasteiger partial charge < -0.3 is 10.1 Å². The van der Waals surface area contributed by atoms with Gasteiger partial charge in [0, 0.05) is 17.7 Å². The summed E-state index contributed by atoms with van der Waals surface area (Å²) in [6.07, 6.45) is 0. The van der Waals surface area contributed by atoms with E-state index < -0.39 is 0 Å². The Kier molecular flexibility index (Phi) is 4.33. The lowest BCUT2D eigenvalue weighted by molar-refractivity contribution is 0.304. The summed E-state index contributed by atoms with van der Waals surface area (Å²) in [4.78, 5) is 0. The van der Waals surface area contributed by atoms with Crippen LogP contribution in [0.5, 0.6) is 5.75 Å². The van der Waals surface area contributed by atoms with E-state index in [1.807, 2.05) is 30.8 Å². The maximum Gasteiger partial charge on any atom is 0.131 e. The smallest absolute Gasteiger partial charge is 0.131 e. The first-order valence-corrected chi connectivity index (χ1v) is 6.75. The van der Waals surface area contributed by atoms with E-state index in [1.165, 1.54) is 6.07 Å². The second-order valence-electron chi connectivity index (χ2n) is 4.11. The van der Waals surface area contributed by atoms with Crippen LogP contribution >= 0.6 is 11.3 Å². The number of halogens is 1. The minimum atomic E-state index is -0.236. The van der Waals surface area contributed by atoms with Crippen LogP contribution in [0.3, 0.4) is 0 Å². The highest BCUT2D eigenvalue weighted by Gasteiger charge is 2.10. The summed E-state index contributed by atoms with van der Waals surface area (Å²) in [5.41, 5.74) is 1.76. The summed E-state index contributed by atoms with van der Waals surface area (Å²) >= 11 is 1.62. The molecule has 0 fully saturated rings. The molecule has 0 aliphatic heterocycles. The van der Waals surface area contributed by atoms with Crippen LogP contribution in [0, 0.1) is 5.82 Å². The molecular weight excluding hydrogens is 249 g/mol. The lowest BCUT2D eigenvalue weighted by atomic mass is 10.1. The van der Waals surface area contributed by atoms with Crippen molar-refractivity contribution in [1.29, 1.82) is 0 Å². The van der Waals surface area contributed by atoms with E-state index in [0.29, 0.717) is 17.9 Å². The number of hydrogen-bond acceptors (Lipinski definition) is 3. The normalized spacial score (nSPS) is 12.4. The minimum absolute atomic E-state index is 0.00377. The van der Waals surface area contributed by atoms with Crippen molar-refractivity contribution < 1.29 is 9.13 Å². The third-order valence-electron chi connectivity index (χ3n) is 2.86. The first-order chi connectivity index (χ1) is 8.70. The van der Waals surface area contributed by atoms with Crippen molar-refractivity contribution in [2.75, 3.05) is 7.05 Å². The van der Waals surface area contributed by atoms with Crippen molar-refractivity contribution >= 4 is 11.3 Å². The van der Waals surface area contributed by atoms with E-state index in [0.717, 1.165) is 5.56 Å². The molecular formula is C14H16FNOS. The Morgan fingerprint density at radius 1 is 1.39 bits per heavy atom. The van der Waals surface area contributed by atoms with E-state index in [4.69, 9.17) is 4.74 Å². The molecule has 0 spiro atoms. The number of hydrogen-bond donors (Lipinski definition) is 1. The maximum atomic E-state index is 13.8. The Labute approximate surface area is 110 Å². The molecule has 0 aliphatic carbocycles. The van der Waals surface area contributed by atoms with Crippen molar-refractivity contribution in [2.45, 2.75) is 19.6 Å². The lowest BCUT2D eigenvalue weighted by Crippen LogP contribution is -2.13. The molecule has 1 atom stereocenters. The minimum Gasteiger partial charge on any atom is -0.489 e.